The van der Waals surface area contributed by atoms with Gasteiger partial charge in [-0.05, 0) is 45.4 Å². The van der Waals surface area contributed by atoms with E-state index < -0.39 is 0 Å². The lowest BCUT2D eigenvalue weighted by Gasteiger charge is -2.09. The minimum Gasteiger partial charge on any atom is -0.319 e. The van der Waals surface area contributed by atoms with Crippen LogP contribution in [0.5, 0.6) is 0 Å². The smallest absolute Gasteiger partial charge is 0.257 e. The van der Waals surface area contributed by atoms with Crippen LogP contribution >= 0.6 is 0 Å². The Kier molecular flexibility index (Phi) is 4.61. The lowest BCUT2D eigenvalue weighted by Crippen LogP contribution is -2.17. The second-order valence-corrected chi connectivity index (χ2v) is 5.95. The molecule has 128 valence electrons. The van der Waals surface area contributed by atoms with Gasteiger partial charge in [0, 0.05) is 0 Å². The highest BCUT2D eigenvalue weighted by atomic mass is 16.1. The van der Waals surface area contributed by atoms with E-state index in [1.54, 1.807) is 6.07 Å². The summed E-state index contributed by atoms with van der Waals surface area (Å²) in [5.74, 6) is -0.186. The summed E-state index contributed by atoms with van der Waals surface area (Å²) in [5.41, 5.74) is 5.30. The zero-order valence-electron chi connectivity index (χ0n) is 14.9. The van der Waals surface area contributed by atoms with Crippen molar-refractivity contribution in [3.05, 3.63) is 64.7 Å². The molecule has 25 heavy (non-hydrogen) atoms. The number of anilines is 1. The molecule has 0 atom stereocenters. The van der Waals surface area contributed by atoms with Crippen LogP contribution in [-0.4, -0.2) is 25.9 Å². The Morgan fingerprint density at radius 3 is 2.52 bits per heavy atom. The third-order valence-corrected chi connectivity index (χ3v) is 4.10. The van der Waals surface area contributed by atoms with E-state index in [1.807, 2.05) is 62.7 Å². The quantitative estimate of drug-likeness (QED) is 0.793. The van der Waals surface area contributed by atoms with Gasteiger partial charge in [0.05, 0.1) is 39.7 Å². The number of rotatable bonds is 4. The van der Waals surface area contributed by atoms with E-state index in [1.165, 1.54) is 0 Å². The third kappa shape index (κ3) is 3.28. The second kappa shape index (κ2) is 6.84. The fourth-order valence-corrected chi connectivity index (χ4v) is 2.80. The molecule has 0 spiro atoms. The molecule has 0 fully saturated rings. The molecule has 2 heterocycles. The number of benzene rings is 1. The highest BCUT2D eigenvalue weighted by molar-refractivity contribution is 6.05. The molecule has 0 saturated heterocycles. The first-order valence-corrected chi connectivity index (χ1v) is 8.27. The number of nitrogens with zero attached hydrogens (tertiary/aromatic N) is 4. The van der Waals surface area contributed by atoms with Crippen LogP contribution in [0.4, 0.5) is 5.69 Å². The van der Waals surface area contributed by atoms with Gasteiger partial charge in [-0.15, -0.1) is 0 Å². The predicted molar refractivity (Wildman–Crippen MR) is 97.1 cm³/mol. The van der Waals surface area contributed by atoms with Crippen molar-refractivity contribution >= 4 is 11.6 Å². The van der Waals surface area contributed by atoms with Crippen LogP contribution in [0.3, 0.4) is 0 Å². The van der Waals surface area contributed by atoms with E-state index in [2.05, 4.69) is 20.6 Å². The van der Waals surface area contributed by atoms with Crippen molar-refractivity contribution in [2.45, 2.75) is 34.1 Å². The van der Waals surface area contributed by atoms with E-state index in [0.717, 1.165) is 28.5 Å². The molecule has 3 aromatic rings. The van der Waals surface area contributed by atoms with Crippen molar-refractivity contribution in [2.24, 2.45) is 0 Å². The summed E-state index contributed by atoms with van der Waals surface area (Å²) >= 11 is 0. The van der Waals surface area contributed by atoms with E-state index in [0.29, 0.717) is 17.7 Å². The number of carbonyl (C=O) groups excluding carboxylic acids is 1. The molecule has 0 aliphatic rings. The maximum Gasteiger partial charge on any atom is 0.257 e. The maximum absolute atomic E-state index is 12.8. The molecular weight excluding hydrogens is 314 g/mol. The number of nitrogens with one attached hydrogen (secondary N) is 1. The Hall–Kier alpha value is -3.02. The van der Waals surface area contributed by atoms with Crippen molar-refractivity contribution in [1.29, 1.82) is 0 Å². The van der Waals surface area contributed by atoms with Gasteiger partial charge in [-0.1, -0.05) is 25.1 Å². The molecule has 3 rings (SSSR count). The van der Waals surface area contributed by atoms with Gasteiger partial charge in [-0.3, -0.25) is 4.79 Å². The number of amides is 1. The molecule has 0 radical (unpaired) electrons. The SMILES string of the molecule is CCc1nnc(C)cc1C(=O)Nc1c(C)nn(-c2ccccc2)c1C. The van der Waals surface area contributed by atoms with E-state index >= 15 is 0 Å². The number of hydrogen-bond acceptors (Lipinski definition) is 4. The molecule has 0 saturated carbocycles. The number of carbonyl (C=O) groups is 1. The van der Waals surface area contributed by atoms with Gasteiger partial charge < -0.3 is 5.32 Å². The van der Waals surface area contributed by atoms with Crippen LogP contribution in [0.2, 0.25) is 0 Å². The fraction of sp³-hybridized carbons (Fsp3) is 0.263. The number of aromatic nitrogens is 4. The Labute approximate surface area is 146 Å². The first-order valence-electron chi connectivity index (χ1n) is 8.27. The largest absolute Gasteiger partial charge is 0.319 e. The van der Waals surface area contributed by atoms with Crippen molar-refractivity contribution in [2.75, 3.05) is 5.32 Å². The first kappa shape index (κ1) is 16.8. The van der Waals surface area contributed by atoms with Crippen LogP contribution in [0, 0.1) is 20.8 Å². The summed E-state index contributed by atoms with van der Waals surface area (Å²) in [4.78, 5) is 12.8. The van der Waals surface area contributed by atoms with Gasteiger partial charge in [0.1, 0.15) is 0 Å². The monoisotopic (exact) mass is 335 g/mol. The third-order valence-electron chi connectivity index (χ3n) is 4.10. The van der Waals surface area contributed by atoms with Crippen molar-refractivity contribution in [1.82, 2.24) is 20.0 Å². The van der Waals surface area contributed by atoms with E-state index in [9.17, 15) is 4.79 Å². The van der Waals surface area contributed by atoms with Crippen molar-refractivity contribution in [3.63, 3.8) is 0 Å². The van der Waals surface area contributed by atoms with Crippen LogP contribution < -0.4 is 5.32 Å². The number of para-hydroxylation sites is 1. The highest BCUT2D eigenvalue weighted by Crippen LogP contribution is 2.23. The molecular formula is C19H21N5O. The lowest BCUT2D eigenvalue weighted by molar-refractivity contribution is 0.102. The molecule has 0 aliphatic carbocycles. The summed E-state index contributed by atoms with van der Waals surface area (Å²) in [5, 5.41) is 15.7. The van der Waals surface area contributed by atoms with Crippen LogP contribution in [0.15, 0.2) is 36.4 Å². The van der Waals surface area contributed by atoms with Crippen LogP contribution in [-0.2, 0) is 6.42 Å². The normalized spacial score (nSPS) is 10.7. The summed E-state index contributed by atoms with van der Waals surface area (Å²) in [6.45, 7) is 7.62. The Bertz CT molecular complexity index is 915. The molecule has 0 bridgehead atoms. The molecule has 6 nitrogen and oxygen atoms in total. The van der Waals surface area contributed by atoms with E-state index in [4.69, 9.17) is 0 Å². The summed E-state index contributed by atoms with van der Waals surface area (Å²) in [6, 6.07) is 11.6. The Morgan fingerprint density at radius 1 is 1.12 bits per heavy atom. The number of aryl methyl sites for hydroxylation is 3. The molecule has 0 unspecified atom stereocenters. The lowest BCUT2D eigenvalue weighted by atomic mass is 10.1. The molecule has 0 aliphatic heterocycles. The molecule has 2 aromatic heterocycles. The maximum atomic E-state index is 12.8. The summed E-state index contributed by atoms with van der Waals surface area (Å²) in [6.07, 6.45) is 0.650. The fourth-order valence-electron chi connectivity index (χ4n) is 2.80. The standard InChI is InChI=1S/C19H21N5O/c1-5-17-16(11-12(2)21-22-17)19(25)20-18-13(3)23-24(14(18)4)15-9-7-6-8-10-15/h6-11H,5H2,1-4H3,(H,20,25). The summed E-state index contributed by atoms with van der Waals surface area (Å²) < 4.78 is 1.84. The van der Waals surface area contributed by atoms with Gasteiger partial charge in [0.2, 0.25) is 0 Å². The summed E-state index contributed by atoms with van der Waals surface area (Å²) in [7, 11) is 0. The molecule has 6 heteroatoms. The van der Waals surface area contributed by atoms with Crippen molar-refractivity contribution < 1.29 is 4.79 Å². The minimum absolute atomic E-state index is 0.186. The zero-order valence-corrected chi connectivity index (χ0v) is 14.9. The highest BCUT2D eigenvalue weighted by Gasteiger charge is 2.18. The van der Waals surface area contributed by atoms with Gasteiger partial charge in [0.25, 0.3) is 5.91 Å². The predicted octanol–water partition coefficient (Wildman–Crippen LogP) is 3.40. The average Bonchev–Trinajstić information content (AvgIpc) is 2.90. The molecule has 1 amide bonds. The second-order valence-electron chi connectivity index (χ2n) is 5.95. The molecule has 1 N–H and O–H groups in total. The van der Waals surface area contributed by atoms with Crippen LogP contribution in [0.25, 0.3) is 5.69 Å². The van der Waals surface area contributed by atoms with E-state index in [-0.39, 0.29) is 5.91 Å². The Balaban J connectivity index is 1.95. The van der Waals surface area contributed by atoms with Gasteiger partial charge >= 0.3 is 0 Å². The Morgan fingerprint density at radius 2 is 1.84 bits per heavy atom. The van der Waals surface area contributed by atoms with Gasteiger partial charge in [-0.2, -0.15) is 15.3 Å². The zero-order chi connectivity index (χ0) is 18.0. The van der Waals surface area contributed by atoms with Gasteiger partial charge in [-0.25, -0.2) is 4.68 Å². The topological polar surface area (TPSA) is 72.7 Å². The average molecular weight is 335 g/mol. The minimum atomic E-state index is -0.186. The van der Waals surface area contributed by atoms with Crippen molar-refractivity contribution in [3.8, 4) is 5.69 Å². The number of hydrogen-bond donors (Lipinski definition) is 1. The molecule has 1 aromatic carbocycles. The van der Waals surface area contributed by atoms with Gasteiger partial charge in [0.15, 0.2) is 0 Å². The van der Waals surface area contributed by atoms with Crippen LogP contribution in [0.1, 0.15) is 40.1 Å². The first-order chi connectivity index (χ1) is 12.0.